The number of amides is 1. The van der Waals surface area contributed by atoms with Gasteiger partial charge in [-0.2, -0.15) is 0 Å². The van der Waals surface area contributed by atoms with Crippen LogP contribution in [0.1, 0.15) is 46.0 Å². The first-order valence-corrected chi connectivity index (χ1v) is 6.16. The second-order valence-electron chi connectivity index (χ2n) is 4.69. The number of hydrogen-bond donors (Lipinski definition) is 1. The number of nitrogens with two attached hydrogens (primary N) is 1. The van der Waals surface area contributed by atoms with Gasteiger partial charge in [0.1, 0.15) is 0 Å². The maximum atomic E-state index is 11.9. The highest BCUT2D eigenvalue weighted by atomic mass is 16.2. The van der Waals surface area contributed by atoms with Crippen LogP contribution in [-0.4, -0.2) is 29.9 Å². The third-order valence-corrected chi connectivity index (χ3v) is 3.54. The number of nitrogens with zero attached hydrogens (tertiary/aromatic N) is 1. The van der Waals surface area contributed by atoms with E-state index < -0.39 is 0 Å². The molecule has 0 bridgehead atoms. The van der Waals surface area contributed by atoms with E-state index in [1.54, 1.807) is 0 Å². The molecule has 1 aliphatic rings. The van der Waals surface area contributed by atoms with Gasteiger partial charge in [-0.1, -0.05) is 6.92 Å². The molecule has 0 spiro atoms. The van der Waals surface area contributed by atoms with Crippen molar-refractivity contribution in [1.82, 2.24) is 4.90 Å². The van der Waals surface area contributed by atoms with Crippen LogP contribution in [-0.2, 0) is 4.79 Å². The van der Waals surface area contributed by atoms with Crippen LogP contribution >= 0.6 is 0 Å². The predicted octanol–water partition coefficient (Wildman–Crippen LogP) is 1.76. The first-order chi connectivity index (χ1) is 7.16. The first kappa shape index (κ1) is 12.5. The average molecular weight is 212 g/mol. The summed E-state index contributed by atoms with van der Waals surface area (Å²) in [5.41, 5.74) is 5.42. The van der Waals surface area contributed by atoms with Gasteiger partial charge in [0.2, 0.25) is 5.91 Å². The van der Waals surface area contributed by atoms with Crippen molar-refractivity contribution in [3.05, 3.63) is 0 Å². The van der Waals surface area contributed by atoms with Gasteiger partial charge in [-0.15, -0.1) is 0 Å². The van der Waals surface area contributed by atoms with Crippen molar-refractivity contribution in [2.24, 2.45) is 11.7 Å². The summed E-state index contributed by atoms with van der Waals surface area (Å²) in [7, 11) is 0. The molecule has 0 aromatic carbocycles. The fourth-order valence-corrected chi connectivity index (χ4v) is 2.25. The average Bonchev–Trinajstić information content (AvgIpc) is 2.22. The number of carbonyl (C=O) groups is 1. The molecule has 1 heterocycles. The maximum Gasteiger partial charge on any atom is 0.222 e. The molecule has 1 saturated heterocycles. The van der Waals surface area contributed by atoms with Gasteiger partial charge in [-0.3, -0.25) is 4.79 Å². The fraction of sp³-hybridized carbons (Fsp3) is 0.917. The summed E-state index contributed by atoms with van der Waals surface area (Å²) in [6, 6.07) is 0.420. The Morgan fingerprint density at radius 3 is 2.80 bits per heavy atom. The third-order valence-electron chi connectivity index (χ3n) is 3.54. The molecule has 15 heavy (non-hydrogen) atoms. The molecule has 0 aromatic heterocycles. The Morgan fingerprint density at radius 2 is 2.13 bits per heavy atom. The van der Waals surface area contributed by atoms with Gasteiger partial charge in [0.15, 0.2) is 0 Å². The zero-order valence-electron chi connectivity index (χ0n) is 10.0. The normalized spacial score (nSPS) is 26.7. The number of carbonyl (C=O) groups excluding carboxylic acids is 1. The van der Waals surface area contributed by atoms with Crippen molar-refractivity contribution in [1.29, 1.82) is 0 Å². The summed E-state index contributed by atoms with van der Waals surface area (Å²) in [6.07, 6.45) is 4.99. The van der Waals surface area contributed by atoms with Crippen LogP contribution in [0.5, 0.6) is 0 Å². The monoisotopic (exact) mass is 212 g/mol. The van der Waals surface area contributed by atoms with E-state index in [-0.39, 0.29) is 0 Å². The van der Waals surface area contributed by atoms with E-state index in [0.717, 1.165) is 25.8 Å². The summed E-state index contributed by atoms with van der Waals surface area (Å²) in [6.45, 7) is 6.06. The smallest absolute Gasteiger partial charge is 0.222 e. The van der Waals surface area contributed by atoms with Crippen molar-refractivity contribution in [3.8, 4) is 0 Å². The Hall–Kier alpha value is -0.570. The lowest BCUT2D eigenvalue weighted by molar-refractivity contribution is -0.135. The second kappa shape index (κ2) is 6.11. The number of hydrogen-bond acceptors (Lipinski definition) is 2. The third kappa shape index (κ3) is 3.49. The largest absolute Gasteiger partial charge is 0.340 e. The van der Waals surface area contributed by atoms with E-state index in [0.29, 0.717) is 30.8 Å². The fourth-order valence-electron chi connectivity index (χ4n) is 2.25. The number of likely N-dealkylation sites (tertiary alicyclic amines) is 1. The van der Waals surface area contributed by atoms with Gasteiger partial charge in [-0.05, 0) is 45.1 Å². The highest BCUT2D eigenvalue weighted by Crippen LogP contribution is 2.23. The minimum atomic E-state index is 0.322. The number of unbranched alkanes of at least 4 members (excludes halogenated alkanes) is 1. The molecule has 0 aliphatic carbocycles. The minimum Gasteiger partial charge on any atom is -0.340 e. The topological polar surface area (TPSA) is 46.3 Å². The molecule has 0 radical (unpaired) electrons. The van der Waals surface area contributed by atoms with E-state index in [4.69, 9.17) is 5.73 Å². The summed E-state index contributed by atoms with van der Waals surface area (Å²) in [5.74, 6) is 0.972. The molecule has 3 nitrogen and oxygen atoms in total. The number of piperidine rings is 1. The maximum absolute atomic E-state index is 11.9. The van der Waals surface area contributed by atoms with Crippen LogP contribution in [0.2, 0.25) is 0 Å². The molecule has 2 atom stereocenters. The first-order valence-electron chi connectivity index (χ1n) is 6.16. The molecule has 1 rings (SSSR count). The van der Waals surface area contributed by atoms with Crippen LogP contribution in [0.4, 0.5) is 0 Å². The zero-order valence-corrected chi connectivity index (χ0v) is 10.0. The zero-order chi connectivity index (χ0) is 11.3. The lowest BCUT2D eigenvalue weighted by Crippen LogP contribution is -2.45. The predicted molar refractivity (Wildman–Crippen MR) is 62.5 cm³/mol. The van der Waals surface area contributed by atoms with Crippen molar-refractivity contribution in [2.45, 2.75) is 52.0 Å². The molecular weight excluding hydrogens is 188 g/mol. The summed E-state index contributed by atoms with van der Waals surface area (Å²) >= 11 is 0. The molecule has 2 N–H and O–H groups in total. The summed E-state index contributed by atoms with van der Waals surface area (Å²) < 4.78 is 0. The Kier molecular flexibility index (Phi) is 5.09. The summed E-state index contributed by atoms with van der Waals surface area (Å²) in [4.78, 5) is 14.0. The molecule has 3 heteroatoms. The van der Waals surface area contributed by atoms with Gasteiger partial charge >= 0.3 is 0 Å². The van der Waals surface area contributed by atoms with Crippen LogP contribution in [0.15, 0.2) is 0 Å². The Labute approximate surface area is 93.0 Å². The van der Waals surface area contributed by atoms with Crippen LogP contribution < -0.4 is 5.73 Å². The van der Waals surface area contributed by atoms with Crippen molar-refractivity contribution >= 4 is 5.91 Å². The molecule has 1 fully saturated rings. The molecular formula is C12H24N2O. The van der Waals surface area contributed by atoms with E-state index in [1.807, 2.05) is 0 Å². The second-order valence-corrected chi connectivity index (χ2v) is 4.69. The van der Waals surface area contributed by atoms with Crippen LogP contribution in [0.3, 0.4) is 0 Å². The standard InChI is InChI=1S/C12H24N2O/c1-10-6-5-9-14(11(10)2)12(15)7-3-4-8-13/h10-11H,3-9,13H2,1-2H3. The van der Waals surface area contributed by atoms with E-state index >= 15 is 0 Å². The quantitative estimate of drug-likeness (QED) is 0.722. The van der Waals surface area contributed by atoms with Crippen molar-refractivity contribution in [2.75, 3.05) is 13.1 Å². The van der Waals surface area contributed by atoms with Gasteiger partial charge in [0.25, 0.3) is 0 Å². The lowest BCUT2D eigenvalue weighted by Gasteiger charge is -2.38. The highest BCUT2D eigenvalue weighted by Gasteiger charge is 2.27. The molecule has 2 unspecified atom stereocenters. The lowest BCUT2D eigenvalue weighted by atomic mass is 9.92. The SMILES string of the molecule is CC1CCCN(C(=O)CCCCN)C1C. The highest BCUT2D eigenvalue weighted by molar-refractivity contribution is 5.76. The van der Waals surface area contributed by atoms with Crippen molar-refractivity contribution in [3.63, 3.8) is 0 Å². The number of rotatable bonds is 4. The van der Waals surface area contributed by atoms with Gasteiger partial charge in [0.05, 0.1) is 0 Å². The molecule has 88 valence electrons. The van der Waals surface area contributed by atoms with Crippen LogP contribution in [0, 0.1) is 5.92 Å². The molecule has 0 aromatic rings. The molecule has 0 saturated carbocycles. The molecule has 1 aliphatic heterocycles. The Balaban J connectivity index is 2.37. The van der Waals surface area contributed by atoms with E-state index in [1.165, 1.54) is 6.42 Å². The van der Waals surface area contributed by atoms with Crippen LogP contribution in [0.25, 0.3) is 0 Å². The summed E-state index contributed by atoms with van der Waals surface area (Å²) in [5, 5.41) is 0. The molecule has 1 amide bonds. The van der Waals surface area contributed by atoms with Gasteiger partial charge in [0, 0.05) is 19.0 Å². The van der Waals surface area contributed by atoms with Gasteiger partial charge < -0.3 is 10.6 Å². The van der Waals surface area contributed by atoms with Crippen molar-refractivity contribution < 1.29 is 4.79 Å². The van der Waals surface area contributed by atoms with E-state index in [9.17, 15) is 4.79 Å². The Morgan fingerprint density at radius 1 is 1.40 bits per heavy atom. The Bertz CT molecular complexity index is 206. The van der Waals surface area contributed by atoms with Gasteiger partial charge in [-0.25, -0.2) is 0 Å². The minimum absolute atomic E-state index is 0.322. The van der Waals surface area contributed by atoms with E-state index in [2.05, 4.69) is 18.7 Å².